The molecular weight excluding hydrogens is 309 g/mol. The third kappa shape index (κ3) is 3.47. The van der Waals surface area contributed by atoms with Crippen LogP contribution in [0, 0.1) is 5.82 Å². The molecule has 0 fully saturated rings. The Bertz CT molecular complexity index is 560. The molecule has 0 unspecified atom stereocenters. The highest BCUT2D eigenvalue weighted by molar-refractivity contribution is 9.10. The van der Waals surface area contributed by atoms with Gasteiger partial charge in [-0.25, -0.2) is 4.39 Å². The molecule has 0 radical (unpaired) electrons. The molecule has 0 aliphatic rings. The lowest BCUT2D eigenvalue weighted by Gasteiger charge is -2.13. The zero-order chi connectivity index (χ0) is 13.7. The molecule has 0 spiro atoms. The van der Waals surface area contributed by atoms with Crippen molar-refractivity contribution in [3.8, 4) is 5.75 Å². The molecule has 19 heavy (non-hydrogen) atoms. The van der Waals surface area contributed by atoms with Crippen LogP contribution in [-0.2, 0) is 6.54 Å². The number of rotatable bonds is 5. The summed E-state index contributed by atoms with van der Waals surface area (Å²) >= 11 is 3.26. The van der Waals surface area contributed by atoms with E-state index in [4.69, 9.17) is 4.74 Å². The van der Waals surface area contributed by atoms with Crippen molar-refractivity contribution in [3.63, 3.8) is 0 Å². The van der Waals surface area contributed by atoms with Crippen LogP contribution >= 0.6 is 15.9 Å². The standard InChI is InChI=1S/C15H15BrFNO/c1-2-19-14-9-4-3-8-13(14)18-10-11-6-5-7-12(17)15(11)16/h3-9,18H,2,10H2,1H3. The fourth-order valence-corrected chi connectivity index (χ4v) is 2.17. The van der Waals surface area contributed by atoms with Gasteiger partial charge in [-0.15, -0.1) is 0 Å². The van der Waals surface area contributed by atoms with Crippen LogP contribution in [0.1, 0.15) is 12.5 Å². The van der Waals surface area contributed by atoms with Gasteiger partial charge in [-0.2, -0.15) is 0 Å². The van der Waals surface area contributed by atoms with E-state index in [1.807, 2.05) is 37.3 Å². The molecule has 100 valence electrons. The Morgan fingerprint density at radius 3 is 2.74 bits per heavy atom. The Labute approximate surface area is 120 Å². The molecule has 2 nitrogen and oxygen atoms in total. The van der Waals surface area contributed by atoms with Gasteiger partial charge in [0.15, 0.2) is 0 Å². The van der Waals surface area contributed by atoms with E-state index in [0.29, 0.717) is 17.6 Å². The first-order valence-corrected chi connectivity index (χ1v) is 6.90. The molecule has 0 aliphatic carbocycles. The van der Waals surface area contributed by atoms with Crippen molar-refractivity contribution in [2.45, 2.75) is 13.5 Å². The number of hydrogen-bond acceptors (Lipinski definition) is 2. The summed E-state index contributed by atoms with van der Waals surface area (Å²) in [5, 5.41) is 3.26. The second-order valence-corrected chi connectivity index (χ2v) is 4.79. The van der Waals surface area contributed by atoms with Gasteiger partial charge in [-0.05, 0) is 46.6 Å². The van der Waals surface area contributed by atoms with E-state index in [9.17, 15) is 4.39 Å². The predicted molar refractivity (Wildman–Crippen MR) is 79.0 cm³/mol. The molecule has 0 aromatic heterocycles. The Morgan fingerprint density at radius 1 is 1.16 bits per heavy atom. The zero-order valence-corrected chi connectivity index (χ0v) is 12.2. The maximum Gasteiger partial charge on any atom is 0.142 e. The molecule has 2 rings (SSSR count). The predicted octanol–water partition coefficient (Wildman–Crippen LogP) is 4.60. The van der Waals surface area contributed by atoms with E-state index < -0.39 is 0 Å². The van der Waals surface area contributed by atoms with Crippen LogP contribution in [0.25, 0.3) is 0 Å². The maximum atomic E-state index is 13.4. The Balaban J connectivity index is 2.12. The monoisotopic (exact) mass is 323 g/mol. The van der Waals surface area contributed by atoms with Crippen molar-refractivity contribution in [2.75, 3.05) is 11.9 Å². The van der Waals surface area contributed by atoms with Gasteiger partial charge in [0.1, 0.15) is 11.6 Å². The van der Waals surface area contributed by atoms with Gasteiger partial charge in [0.05, 0.1) is 16.8 Å². The summed E-state index contributed by atoms with van der Waals surface area (Å²) in [4.78, 5) is 0. The van der Waals surface area contributed by atoms with Crippen molar-refractivity contribution in [1.29, 1.82) is 0 Å². The van der Waals surface area contributed by atoms with Gasteiger partial charge in [0.2, 0.25) is 0 Å². The molecule has 0 atom stereocenters. The minimum Gasteiger partial charge on any atom is -0.492 e. The Morgan fingerprint density at radius 2 is 1.95 bits per heavy atom. The minimum absolute atomic E-state index is 0.252. The van der Waals surface area contributed by atoms with Crippen LogP contribution in [0.3, 0.4) is 0 Å². The topological polar surface area (TPSA) is 21.3 Å². The number of halogens is 2. The number of benzene rings is 2. The lowest BCUT2D eigenvalue weighted by atomic mass is 10.2. The van der Waals surface area contributed by atoms with Gasteiger partial charge in [0, 0.05) is 6.54 Å². The van der Waals surface area contributed by atoms with Crippen LogP contribution in [0.5, 0.6) is 5.75 Å². The Hall–Kier alpha value is -1.55. The molecule has 0 saturated carbocycles. The number of nitrogens with one attached hydrogen (secondary N) is 1. The normalized spacial score (nSPS) is 10.3. The highest BCUT2D eigenvalue weighted by Crippen LogP contribution is 2.26. The van der Waals surface area contributed by atoms with Crippen molar-refractivity contribution in [3.05, 3.63) is 58.3 Å². The molecule has 0 amide bonds. The van der Waals surface area contributed by atoms with Crippen molar-refractivity contribution >= 4 is 21.6 Å². The molecule has 2 aromatic carbocycles. The van der Waals surface area contributed by atoms with Gasteiger partial charge in [-0.1, -0.05) is 24.3 Å². The van der Waals surface area contributed by atoms with Crippen LogP contribution in [0.2, 0.25) is 0 Å². The first kappa shape index (κ1) is 13.9. The maximum absolute atomic E-state index is 13.4. The molecule has 0 aliphatic heterocycles. The van der Waals surface area contributed by atoms with E-state index in [1.165, 1.54) is 6.07 Å². The summed E-state index contributed by atoms with van der Waals surface area (Å²) in [6.45, 7) is 3.09. The first-order chi connectivity index (χ1) is 9.22. The third-order valence-corrected chi connectivity index (χ3v) is 3.58. The van der Waals surface area contributed by atoms with E-state index in [1.54, 1.807) is 6.07 Å². The lowest BCUT2D eigenvalue weighted by molar-refractivity contribution is 0.341. The molecule has 1 N–H and O–H groups in total. The van der Waals surface area contributed by atoms with Gasteiger partial charge in [-0.3, -0.25) is 0 Å². The number of para-hydroxylation sites is 2. The van der Waals surface area contributed by atoms with Gasteiger partial charge in [0.25, 0.3) is 0 Å². The highest BCUT2D eigenvalue weighted by atomic mass is 79.9. The van der Waals surface area contributed by atoms with Crippen molar-refractivity contribution < 1.29 is 9.13 Å². The highest BCUT2D eigenvalue weighted by Gasteiger charge is 2.06. The average Bonchev–Trinajstić information content (AvgIpc) is 2.42. The lowest BCUT2D eigenvalue weighted by Crippen LogP contribution is -2.03. The van der Waals surface area contributed by atoms with Crippen LogP contribution in [0.4, 0.5) is 10.1 Å². The summed E-state index contributed by atoms with van der Waals surface area (Å²) in [6.07, 6.45) is 0. The number of anilines is 1. The summed E-state index contributed by atoms with van der Waals surface area (Å²) in [7, 11) is 0. The average molecular weight is 324 g/mol. The van der Waals surface area contributed by atoms with Gasteiger partial charge >= 0.3 is 0 Å². The molecule has 2 aromatic rings. The van der Waals surface area contributed by atoms with E-state index in [0.717, 1.165) is 17.0 Å². The van der Waals surface area contributed by atoms with Crippen LogP contribution < -0.4 is 10.1 Å². The third-order valence-electron chi connectivity index (χ3n) is 2.69. The smallest absolute Gasteiger partial charge is 0.142 e. The SMILES string of the molecule is CCOc1ccccc1NCc1cccc(F)c1Br. The molecular formula is C15H15BrFNO. The van der Waals surface area contributed by atoms with E-state index in [-0.39, 0.29) is 5.82 Å². The van der Waals surface area contributed by atoms with Crippen LogP contribution in [0.15, 0.2) is 46.9 Å². The first-order valence-electron chi connectivity index (χ1n) is 6.11. The van der Waals surface area contributed by atoms with Crippen molar-refractivity contribution in [1.82, 2.24) is 0 Å². The fraction of sp³-hybridized carbons (Fsp3) is 0.200. The summed E-state index contributed by atoms with van der Waals surface area (Å²) in [6, 6.07) is 12.7. The summed E-state index contributed by atoms with van der Waals surface area (Å²) in [5.41, 5.74) is 1.77. The number of hydrogen-bond donors (Lipinski definition) is 1. The molecule has 4 heteroatoms. The minimum atomic E-state index is -0.252. The van der Waals surface area contributed by atoms with E-state index in [2.05, 4.69) is 21.2 Å². The van der Waals surface area contributed by atoms with Gasteiger partial charge < -0.3 is 10.1 Å². The fourth-order valence-electron chi connectivity index (χ4n) is 1.77. The molecule has 0 heterocycles. The molecule has 0 bridgehead atoms. The van der Waals surface area contributed by atoms with Crippen LogP contribution in [-0.4, -0.2) is 6.61 Å². The number of ether oxygens (including phenoxy) is 1. The van der Waals surface area contributed by atoms with E-state index >= 15 is 0 Å². The second kappa shape index (κ2) is 6.57. The van der Waals surface area contributed by atoms with Crippen molar-refractivity contribution in [2.24, 2.45) is 0 Å². The Kier molecular flexibility index (Phi) is 4.80. The summed E-state index contributed by atoms with van der Waals surface area (Å²) < 4.78 is 19.4. The molecule has 0 saturated heterocycles. The zero-order valence-electron chi connectivity index (χ0n) is 10.6. The second-order valence-electron chi connectivity index (χ2n) is 4.00. The largest absolute Gasteiger partial charge is 0.492 e. The quantitative estimate of drug-likeness (QED) is 0.868. The summed E-state index contributed by atoms with van der Waals surface area (Å²) in [5.74, 6) is 0.551.